The molecule has 1 aromatic heterocycles. The third-order valence-corrected chi connectivity index (χ3v) is 4.10. The number of carbonyl (C=O) groups is 1. The lowest BCUT2D eigenvalue weighted by molar-refractivity contribution is -0.684. The van der Waals surface area contributed by atoms with E-state index in [0.29, 0.717) is 6.54 Å². The molecule has 22 heavy (non-hydrogen) atoms. The molecule has 0 saturated carbocycles. The largest absolute Gasteiger partial charge is 0.377 e. The smallest absolute Gasteiger partial charge is 0.290 e. The molecule has 4 nitrogen and oxygen atoms in total. The van der Waals surface area contributed by atoms with Crippen molar-refractivity contribution in [2.75, 3.05) is 24.3 Å². The van der Waals surface area contributed by atoms with Crippen LogP contribution in [-0.4, -0.2) is 20.0 Å². The first-order chi connectivity index (χ1) is 10.6. The van der Waals surface area contributed by atoms with Crippen molar-refractivity contribution >= 4 is 17.3 Å². The monoisotopic (exact) mass is 296 g/mol. The van der Waals surface area contributed by atoms with E-state index < -0.39 is 0 Å². The number of aryl methyl sites for hydroxylation is 2. The number of fused-ring (bicyclic) bond motifs is 1. The van der Waals surface area contributed by atoms with Crippen molar-refractivity contribution in [1.29, 1.82) is 0 Å². The second-order valence-electron chi connectivity index (χ2n) is 6.01. The summed E-state index contributed by atoms with van der Waals surface area (Å²) in [6.45, 7) is 0.324. The van der Waals surface area contributed by atoms with Gasteiger partial charge in [-0.3, -0.25) is 4.79 Å². The zero-order valence-electron chi connectivity index (χ0n) is 13.2. The predicted octanol–water partition coefficient (Wildman–Crippen LogP) is 2.17. The van der Waals surface area contributed by atoms with Gasteiger partial charge in [0.2, 0.25) is 6.54 Å². The first kappa shape index (κ1) is 14.6. The minimum Gasteiger partial charge on any atom is -0.377 e. The summed E-state index contributed by atoms with van der Waals surface area (Å²) < 4.78 is 1.88. The van der Waals surface area contributed by atoms with Crippen LogP contribution in [0.5, 0.6) is 0 Å². The van der Waals surface area contributed by atoms with Gasteiger partial charge in [-0.25, -0.2) is 0 Å². The average molecular weight is 296 g/mol. The van der Waals surface area contributed by atoms with Crippen molar-refractivity contribution in [2.24, 2.45) is 0 Å². The number of amides is 1. The fourth-order valence-corrected chi connectivity index (χ4v) is 2.87. The van der Waals surface area contributed by atoms with Gasteiger partial charge in [0.25, 0.3) is 5.91 Å². The van der Waals surface area contributed by atoms with E-state index in [1.165, 1.54) is 17.5 Å². The molecule has 1 aliphatic carbocycles. The highest BCUT2D eigenvalue weighted by Crippen LogP contribution is 2.24. The highest BCUT2D eigenvalue weighted by atomic mass is 16.1. The summed E-state index contributed by atoms with van der Waals surface area (Å²) in [4.78, 5) is 14.2. The van der Waals surface area contributed by atoms with Crippen LogP contribution in [-0.2, 0) is 24.2 Å². The molecular weight excluding hydrogens is 274 g/mol. The van der Waals surface area contributed by atoms with Gasteiger partial charge < -0.3 is 10.2 Å². The summed E-state index contributed by atoms with van der Waals surface area (Å²) in [6, 6.07) is 10.3. The third-order valence-electron chi connectivity index (χ3n) is 4.10. The first-order valence-corrected chi connectivity index (χ1v) is 7.70. The maximum absolute atomic E-state index is 12.2. The van der Waals surface area contributed by atoms with Crippen LogP contribution in [0, 0.1) is 0 Å². The molecule has 0 bridgehead atoms. The van der Waals surface area contributed by atoms with E-state index in [-0.39, 0.29) is 5.91 Å². The number of benzene rings is 1. The van der Waals surface area contributed by atoms with Gasteiger partial charge in [0, 0.05) is 37.6 Å². The molecule has 3 rings (SSSR count). The molecule has 1 amide bonds. The Morgan fingerprint density at radius 1 is 1.14 bits per heavy atom. The van der Waals surface area contributed by atoms with E-state index in [0.717, 1.165) is 24.2 Å². The number of hydrogen-bond donors (Lipinski definition) is 1. The molecule has 0 unspecified atom stereocenters. The van der Waals surface area contributed by atoms with Crippen molar-refractivity contribution in [2.45, 2.75) is 25.8 Å². The number of nitrogens with one attached hydrogen (secondary N) is 1. The molecule has 0 spiro atoms. The Morgan fingerprint density at radius 2 is 1.86 bits per heavy atom. The topological polar surface area (TPSA) is 36.2 Å². The normalized spacial score (nSPS) is 12.8. The minimum atomic E-state index is 0.000509. The third kappa shape index (κ3) is 3.27. The van der Waals surface area contributed by atoms with Crippen LogP contribution in [0.4, 0.5) is 11.4 Å². The molecule has 0 saturated heterocycles. The quantitative estimate of drug-likeness (QED) is 0.878. The summed E-state index contributed by atoms with van der Waals surface area (Å²) in [6.07, 6.45) is 7.37. The summed E-state index contributed by atoms with van der Waals surface area (Å²) in [7, 11) is 4.00. The predicted molar refractivity (Wildman–Crippen MR) is 88.1 cm³/mol. The molecule has 1 heterocycles. The van der Waals surface area contributed by atoms with Crippen LogP contribution in [0.25, 0.3) is 0 Å². The Bertz CT molecular complexity index is 677. The van der Waals surface area contributed by atoms with Crippen molar-refractivity contribution in [3.8, 4) is 0 Å². The highest BCUT2D eigenvalue weighted by Gasteiger charge is 2.13. The second-order valence-corrected chi connectivity index (χ2v) is 6.01. The molecule has 114 valence electrons. The summed E-state index contributed by atoms with van der Waals surface area (Å²) >= 11 is 0. The molecule has 1 aliphatic rings. The van der Waals surface area contributed by atoms with E-state index in [1.54, 1.807) is 0 Å². The number of carbonyl (C=O) groups excluding carboxylic acids is 1. The Kier molecular flexibility index (Phi) is 4.09. The zero-order chi connectivity index (χ0) is 15.5. The molecule has 4 heteroatoms. The van der Waals surface area contributed by atoms with Gasteiger partial charge in [0.1, 0.15) is 0 Å². The first-order valence-electron chi connectivity index (χ1n) is 7.70. The summed E-state index contributed by atoms with van der Waals surface area (Å²) in [5.74, 6) is 0.000509. The van der Waals surface area contributed by atoms with Crippen molar-refractivity contribution in [3.05, 3.63) is 53.9 Å². The van der Waals surface area contributed by atoms with E-state index in [9.17, 15) is 4.79 Å². The van der Waals surface area contributed by atoms with Crippen LogP contribution in [0.2, 0.25) is 0 Å². The molecule has 0 aliphatic heterocycles. The van der Waals surface area contributed by atoms with Crippen molar-refractivity contribution < 1.29 is 9.36 Å². The van der Waals surface area contributed by atoms with Gasteiger partial charge in [-0.1, -0.05) is 6.07 Å². The standard InChI is InChI=1S/C18H21N3O/c1-20(2)17-8-10-21(11-9-17)13-18(22)19-16-7-6-14-4-3-5-15(14)12-16/h6-12H,3-5,13H2,1-2H3/p+1. The van der Waals surface area contributed by atoms with Crippen LogP contribution in [0.3, 0.4) is 0 Å². The second kappa shape index (κ2) is 6.18. The fourth-order valence-electron chi connectivity index (χ4n) is 2.87. The molecule has 2 aromatic rings. The van der Waals surface area contributed by atoms with Gasteiger partial charge >= 0.3 is 0 Å². The maximum Gasteiger partial charge on any atom is 0.290 e. The fraction of sp³-hybridized carbons (Fsp3) is 0.333. The van der Waals surface area contributed by atoms with E-state index >= 15 is 0 Å². The highest BCUT2D eigenvalue weighted by molar-refractivity contribution is 5.89. The van der Waals surface area contributed by atoms with E-state index in [2.05, 4.69) is 17.4 Å². The van der Waals surface area contributed by atoms with E-state index in [4.69, 9.17) is 0 Å². The number of nitrogens with zero attached hydrogens (tertiary/aromatic N) is 2. The van der Waals surface area contributed by atoms with Crippen LogP contribution < -0.4 is 14.8 Å². The minimum absolute atomic E-state index is 0.000509. The Hall–Kier alpha value is -2.36. The zero-order valence-corrected chi connectivity index (χ0v) is 13.2. The van der Waals surface area contributed by atoms with E-state index in [1.807, 2.05) is 54.2 Å². The van der Waals surface area contributed by atoms with Gasteiger partial charge in [-0.15, -0.1) is 0 Å². The molecule has 1 aromatic carbocycles. The lowest BCUT2D eigenvalue weighted by Crippen LogP contribution is -2.39. The van der Waals surface area contributed by atoms with Gasteiger partial charge in [0.15, 0.2) is 12.4 Å². The van der Waals surface area contributed by atoms with Gasteiger partial charge in [-0.2, -0.15) is 4.57 Å². The Morgan fingerprint density at radius 3 is 2.59 bits per heavy atom. The van der Waals surface area contributed by atoms with Crippen LogP contribution in [0.1, 0.15) is 17.5 Å². The SMILES string of the molecule is CN(C)c1cc[n+](CC(=O)Nc2ccc3c(c2)CCC3)cc1. The number of rotatable bonds is 4. The van der Waals surface area contributed by atoms with Crippen LogP contribution in [0.15, 0.2) is 42.7 Å². The maximum atomic E-state index is 12.2. The van der Waals surface area contributed by atoms with Crippen molar-refractivity contribution in [3.63, 3.8) is 0 Å². The van der Waals surface area contributed by atoms with Crippen LogP contribution >= 0.6 is 0 Å². The number of aromatic nitrogens is 1. The molecule has 0 atom stereocenters. The number of anilines is 2. The Labute approximate surface area is 131 Å². The summed E-state index contributed by atoms with van der Waals surface area (Å²) in [5.41, 5.74) is 4.82. The molecular formula is C18H22N3O+. The lowest BCUT2D eigenvalue weighted by Gasteiger charge is -2.10. The Balaban J connectivity index is 1.62. The van der Waals surface area contributed by atoms with Crippen molar-refractivity contribution in [1.82, 2.24) is 0 Å². The van der Waals surface area contributed by atoms with Gasteiger partial charge in [0.05, 0.1) is 0 Å². The lowest BCUT2D eigenvalue weighted by atomic mass is 10.1. The molecule has 0 fully saturated rings. The molecule has 1 N–H and O–H groups in total. The number of pyridine rings is 1. The molecule has 0 radical (unpaired) electrons. The van der Waals surface area contributed by atoms with Gasteiger partial charge in [-0.05, 0) is 42.5 Å². The number of hydrogen-bond acceptors (Lipinski definition) is 2. The summed E-state index contributed by atoms with van der Waals surface area (Å²) in [5, 5.41) is 2.99. The average Bonchev–Trinajstić information content (AvgIpc) is 2.95.